The van der Waals surface area contributed by atoms with E-state index in [1.165, 1.54) is 0 Å². The van der Waals surface area contributed by atoms with Gasteiger partial charge in [-0.25, -0.2) is 14.4 Å². The van der Waals surface area contributed by atoms with Gasteiger partial charge in [0.2, 0.25) is 11.9 Å². The fraction of sp³-hybridized carbons (Fsp3) is 0.737. The van der Waals surface area contributed by atoms with Gasteiger partial charge in [0, 0.05) is 6.42 Å². The van der Waals surface area contributed by atoms with Gasteiger partial charge >= 0.3 is 24.2 Å². The lowest BCUT2D eigenvalue weighted by Gasteiger charge is -2.22. The third-order valence-electron chi connectivity index (χ3n) is 3.44. The fourth-order valence-electron chi connectivity index (χ4n) is 2.29. The van der Waals surface area contributed by atoms with E-state index in [1.807, 2.05) is 0 Å². The Morgan fingerprint density at radius 3 is 2.00 bits per heavy atom. The zero-order valence-corrected chi connectivity index (χ0v) is 17.9. The normalized spacial score (nSPS) is 19.5. The van der Waals surface area contributed by atoms with E-state index in [9.17, 15) is 24.0 Å². The average molecular weight is 432 g/mol. The lowest BCUT2D eigenvalue weighted by atomic mass is 10.1. The first kappa shape index (κ1) is 25.2. The molecule has 0 aromatic rings. The molecule has 1 aliphatic rings. The van der Waals surface area contributed by atoms with Crippen molar-refractivity contribution < 1.29 is 52.4 Å². The number of hydrogen-bond donors (Lipinski definition) is 0. The van der Waals surface area contributed by atoms with E-state index in [2.05, 4.69) is 0 Å². The lowest BCUT2D eigenvalue weighted by molar-refractivity contribution is -0.159. The summed E-state index contributed by atoms with van der Waals surface area (Å²) in [6.07, 6.45) is -8.38. The Labute approximate surface area is 174 Å². The first-order chi connectivity index (χ1) is 13.9. The highest BCUT2D eigenvalue weighted by Gasteiger charge is 2.52. The molecule has 11 heteroatoms. The third kappa shape index (κ3) is 8.26. The number of ketones is 1. The largest absolute Gasteiger partial charge is 0.509 e. The van der Waals surface area contributed by atoms with Gasteiger partial charge in [-0.3, -0.25) is 9.59 Å². The molecule has 1 aliphatic heterocycles. The van der Waals surface area contributed by atoms with E-state index in [1.54, 1.807) is 41.5 Å². The van der Waals surface area contributed by atoms with Gasteiger partial charge in [0.05, 0.1) is 12.2 Å². The number of carbonyl (C=O) groups excluding carboxylic acids is 5. The Morgan fingerprint density at radius 1 is 0.900 bits per heavy atom. The maximum atomic E-state index is 12.6. The fourth-order valence-corrected chi connectivity index (χ4v) is 2.29. The molecule has 0 bridgehead atoms. The number of carbonyl (C=O) groups is 5. The summed E-state index contributed by atoms with van der Waals surface area (Å²) in [5, 5.41) is 0. The molecule has 0 N–H and O–H groups in total. The van der Waals surface area contributed by atoms with Crippen molar-refractivity contribution in [2.75, 3.05) is 6.61 Å². The van der Waals surface area contributed by atoms with Gasteiger partial charge in [-0.05, 0) is 33.6 Å². The predicted molar refractivity (Wildman–Crippen MR) is 98.3 cm³/mol. The monoisotopic (exact) mass is 432 g/mol. The molecular weight excluding hydrogens is 404 g/mol. The lowest BCUT2D eigenvalue weighted by Crippen LogP contribution is -2.42. The molecule has 3 unspecified atom stereocenters. The molecule has 1 fully saturated rings. The van der Waals surface area contributed by atoms with Gasteiger partial charge in [0.25, 0.3) is 6.10 Å². The smallest absolute Gasteiger partial charge is 0.462 e. The Morgan fingerprint density at radius 2 is 1.47 bits per heavy atom. The first-order valence-corrected chi connectivity index (χ1v) is 9.55. The second kappa shape index (κ2) is 11.4. The van der Waals surface area contributed by atoms with Gasteiger partial charge in [-0.1, -0.05) is 13.8 Å². The Bertz CT molecular complexity index is 653. The topological polar surface area (TPSA) is 141 Å². The summed E-state index contributed by atoms with van der Waals surface area (Å²) in [5.41, 5.74) is 0. The van der Waals surface area contributed by atoms with Crippen molar-refractivity contribution in [2.24, 2.45) is 5.92 Å². The molecule has 11 nitrogen and oxygen atoms in total. The zero-order valence-electron chi connectivity index (χ0n) is 17.9. The quantitative estimate of drug-likeness (QED) is 0.300. The van der Waals surface area contributed by atoms with Gasteiger partial charge in [0.15, 0.2) is 6.10 Å². The van der Waals surface area contributed by atoms with Crippen LogP contribution in [0.1, 0.15) is 48.0 Å². The molecule has 0 aromatic heterocycles. The highest BCUT2D eigenvalue weighted by molar-refractivity contribution is 6.10. The van der Waals surface area contributed by atoms with Gasteiger partial charge in [0.1, 0.15) is 6.61 Å². The molecule has 1 rings (SSSR count). The highest BCUT2D eigenvalue weighted by Crippen LogP contribution is 2.21. The second-order valence-electron chi connectivity index (χ2n) is 7.53. The van der Waals surface area contributed by atoms with Crippen LogP contribution in [0, 0.1) is 5.92 Å². The summed E-state index contributed by atoms with van der Waals surface area (Å²) in [5.74, 6) is -2.73. The van der Waals surface area contributed by atoms with Crippen molar-refractivity contribution in [1.29, 1.82) is 0 Å². The molecule has 1 heterocycles. The van der Waals surface area contributed by atoms with E-state index in [4.69, 9.17) is 28.4 Å². The van der Waals surface area contributed by atoms with Crippen LogP contribution < -0.4 is 0 Å². The molecule has 0 aromatic carbocycles. The van der Waals surface area contributed by atoms with E-state index in [-0.39, 0.29) is 12.3 Å². The van der Waals surface area contributed by atoms with Crippen molar-refractivity contribution in [3.63, 3.8) is 0 Å². The van der Waals surface area contributed by atoms with E-state index in [0.29, 0.717) is 0 Å². The van der Waals surface area contributed by atoms with Crippen LogP contribution in [0.25, 0.3) is 0 Å². The van der Waals surface area contributed by atoms with E-state index >= 15 is 0 Å². The number of rotatable bonds is 9. The van der Waals surface area contributed by atoms with Crippen molar-refractivity contribution in [2.45, 2.75) is 78.5 Å². The molecule has 3 atom stereocenters. The molecule has 0 radical (unpaired) electrons. The molecule has 0 saturated carbocycles. The molecular formula is C19H28O11. The summed E-state index contributed by atoms with van der Waals surface area (Å²) in [4.78, 5) is 59.9. The van der Waals surface area contributed by atoms with Crippen LogP contribution in [0.15, 0.2) is 0 Å². The van der Waals surface area contributed by atoms with Crippen molar-refractivity contribution in [3.8, 4) is 0 Å². The Hall–Kier alpha value is -2.85. The minimum atomic E-state index is -1.89. The van der Waals surface area contributed by atoms with E-state index < -0.39 is 67.2 Å². The van der Waals surface area contributed by atoms with Crippen molar-refractivity contribution in [1.82, 2.24) is 0 Å². The molecule has 1 saturated heterocycles. The number of ether oxygens (including phenoxy) is 6. The van der Waals surface area contributed by atoms with Gasteiger partial charge in [-0.15, -0.1) is 0 Å². The summed E-state index contributed by atoms with van der Waals surface area (Å²) in [6, 6.07) is 0. The van der Waals surface area contributed by atoms with Crippen LogP contribution in [-0.2, 0) is 42.8 Å². The minimum Gasteiger partial charge on any atom is -0.462 e. The van der Waals surface area contributed by atoms with Crippen LogP contribution in [0.5, 0.6) is 0 Å². The Kier molecular flexibility index (Phi) is 9.54. The van der Waals surface area contributed by atoms with Crippen LogP contribution in [-0.4, -0.2) is 67.2 Å². The SMILES string of the molecule is CC(C)CC(=O)OCC(OC(=O)OC(C)C)C1OC(=O)C(OC(=O)OC(C)C)C1=O. The average Bonchev–Trinajstić information content (AvgIpc) is 2.84. The van der Waals surface area contributed by atoms with Crippen LogP contribution in [0.4, 0.5) is 9.59 Å². The highest BCUT2D eigenvalue weighted by atomic mass is 16.8. The number of esters is 2. The number of cyclic esters (lactones) is 1. The first-order valence-electron chi connectivity index (χ1n) is 9.55. The van der Waals surface area contributed by atoms with Crippen LogP contribution in [0.3, 0.4) is 0 Å². The maximum Gasteiger partial charge on any atom is 0.509 e. The number of hydrogen-bond acceptors (Lipinski definition) is 11. The van der Waals surface area contributed by atoms with E-state index in [0.717, 1.165) is 0 Å². The van der Waals surface area contributed by atoms with Crippen LogP contribution in [0.2, 0.25) is 0 Å². The van der Waals surface area contributed by atoms with Gasteiger partial charge < -0.3 is 28.4 Å². The Balaban J connectivity index is 2.89. The standard InChI is InChI=1S/C19H28O11/c1-9(2)7-13(20)25-8-12(28-18(23)26-10(3)4)15-14(21)16(17(22)29-15)30-19(24)27-11(5)6/h9-12,15-16H,7-8H2,1-6H3. The molecule has 170 valence electrons. The summed E-state index contributed by atoms with van der Waals surface area (Å²) >= 11 is 0. The third-order valence-corrected chi connectivity index (χ3v) is 3.44. The second-order valence-corrected chi connectivity index (χ2v) is 7.53. The van der Waals surface area contributed by atoms with Crippen molar-refractivity contribution in [3.05, 3.63) is 0 Å². The zero-order chi connectivity index (χ0) is 23.0. The predicted octanol–water partition coefficient (Wildman–Crippen LogP) is 1.93. The van der Waals surface area contributed by atoms with Gasteiger partial charge in [-0.2, -0.15) is 0 Å². The summed E-state index contributed by atoms with van der Waals surface area (Å²) in [7, 11) is 0. The molecule has 0 spiro atoms. The molecule has 30 heavy (non-hydrogen) atoms. The minimum absolute atomic E-state index is 0.0125. The summed E-state index contributed by atoms with van der Waals surface area (Å²) in [6.45, 7) is 9.29. The van der Waals surface area contributed by atoms with Crippen molar-refractivity contribution >= 4 is 30.0 Å². The molecule has 0 aliphatic carbocycles. The number of Topliss-reactive ketones (excluding diaryl/α,β-unsaturated/α-hetero) is 1. The summed E-state index contributed by atoms with van der Waals surface area (Å²) < 4.78 is 29.3. The maximum absolute atomic E-state index is 12.6. The molecule has 0 amide bonds. The van der Waals surface area contributed by atoms with Crippen LogP contribution >= 0.6 is 0 Å².